The van der Waals surface area contributed by atoms with E-state index in [-0.39, 0.29) is 11.7 Å². The number of H-pyrrole nitrogens is 1. The largest absolute Gasteiger partial charge is 0.376 e. The Labute approximate surface area is 182 Å². The van der Waals surface area contributed by atoms with Crippen molar-refractivity contribution in [1.29, 1.82) is 0 Å². The van der Waals surface area contributed by atoms with Crippen LogP contribution in [0.1, 0.15) is 29.5 Å². The van der Waals surface area contributed by atoms with Crippen LogP contribution in [-0.4, -0.2) is 34.3 Å². The second-order valence-electron chi connectivity index (χ2n) is 7.97. The van der Waals surface area contributed by atoms with Crippen molar-refractivity contribution in [1.82, 2.24) is 9.88 Å². The van der Waals surface area contributed by atoms with E-state index in [0.717, 1.165) is 41.6 Å². The van der Waals surface area contributed by atoms with Gasteiger partial charge in [-0.15, -0.1) is 0 Å². The van der Waals surface area contributed by atoms with Crippen molar-refractivity contribution in [3.63, 3.8) is 0 Å². The predicted octanol–water partition coefficient (Wildman–Crippen LogP) is 4.52. The Morgan fingerprint density at radius 2 is 2.03 bits per heavy atom. The molecule has 2 N–H and O–H groups in total. The van der Waals surface area contributed by atoms with Gasteiger partial charge in [-0.1, -0.05) is 35.9 Å². The van der Waals surface area contributed by atoms with Crippen LogP contribution in [0.15, 0.2) is 53.3 Å². The number of benzene rings is 2. The summed E-state index contributed by atoms with van der Waals surface area (Å²) in [5.74, 6) is 0. The molecule has 2 heterocycles. The van der Waals surface area contributed by atoms with Crippen molar-refractivity contribution in [2.75, 3.05) is 18.5 Å². The van der Waals surface area contributed by atoms with Gasteiger partial charge in [-0.05, 0) is 68.1 Å². The number of hydrogen-bond donors (Lipinski definition) is 2. The number of pyridine rings is 1. The van der Waals surface area contributed by atoms with E-state index in [1.165, 1.54) is 5.56 Å². The molecule has 1 saturated heterocycles. The van der Waals surface area contributed by atoms with Gasteiger partial charge in [0.15, 0.2) is 5.11 Å². The molecule has 5 nitrogen and oxygen atoms in total. The predicted molar refractivity (Wildman–Crippen MR) is 126 cm³/mol. The molecule has 0 radical (unpaired) electrons. The number of rotatable bonds is 5. The zero-order chi connectivity index (χ0) is 21.1. The Morgan fingerprint density at radius 3 is 2.77 bits per heavy atom. The number of thiocarbonyl (C=S) groups is 1. The van der Waals surface area contributed by atoms with E-state index in [4.69, 9.17) is 17.0 Å². The summed E-state index contributed by atoms with van der Waals surface area (Å²) < 4.78 is 5.84. The Morgan fingerprint density at radius 1 is 1.23 bits per heavy atom. The molecule has 4 rings (SSSR count). The van der Waals surface area contributed by atoms with Gasteiger partial charge in [-0.25, -0.2) is 0 Å². The molecule has 1 aromatic heterocycles. The third kappa shape index (κ3) is 4.71. The molecule has 0 saturated carbocycles. The molecule has 1 aliphatic rings. The minimum atomic E-state index is -0.0766. The van der Waals surface area contributed by atoms with E-state index < -0.39 is 0 Å². The second-order valence-corrected chi connectivity index (χ2v) is 8.36. The Balaban J connectivity index is 1.59. The van der Waals surface area contributed by atoms with Gasteiger partial charge in [0.25, 0.3) is 5.56 Å². The lowest BCUT2D eigenvalue weighted by Gasteiger charge is -2.28. The number of fused-ring (bicyclic) bond motifs is 1. The molecule has 0 amide bonds. The summed E-state index contributed by atoms with van der Waals surface area (Å²) in [5.41, 5.74) is 4.69. The van der Waals surface area contributed by atoms with Gasteiger partial charge in [0.05, 0.1) is 18.2 Å². The number of aromatic amines is 1. The van der Waals surface area contributed by atoms with Gasteiger partial charge in [-0.2, -0.15) is 0 Å². The van der Waals surface area contributed by atoms with E-state index in [2.05, 4.69) is 17.2 Å². The molecule has 0 spiro atoms. The van der Waals surface area contributed by atoms with Gasteiger partial charge in [0.2, 0.25) is 0 Å². The second kappa shape index (κ2) is 8.98. The first-order valence-corrected chi connectivity index (χ1v) is 10.8. The van der Waals surface area contributed by atoms with E-state index >= 15 is 0 Å². The van der Waals surface area contributed by atoms with E-state index in [0.29, 0.717) is 23.8 Å². The fourth-order valence-electron chi connectivity index (χ4n) is 3.84. The summed E-state index contributed by atoms with van der Waals surface area (Å²) in [4.78, 5) is 17.9. The number of ether oxygens (including phenoxy) is 1. The molecule has 30 heavy (non-hydrogen) atoms. The molecule has 1 fully saturated rings. The van der Waals surface area contributed by atoms with Crippen molar-refractivity contribution in [2.45, 2.75) is 39.3 Å². The van der Waals surface area contributed by atoms with E-state index in [1.54, 1.807) is 0 Å². The number of aryl methyl sites for hydroxylation is 2. The van der Waals surface area contributed by atoms with Gasteiger partial charge in [0, 0.05) is 24.4 Å². The molecule has 1 unspecified atom stereocenters. The number of hydrogen-bond acceptors (Lipinski definition) is 3. The van der Waals surface area contributed by atoms with Crippen LogP contribution in [0.3, 0.4) is 0 Å². The molecule has 0 bridgehead atoms. The smallest absolute Gasteiger partial charge is 0.253 e. The summed E-state index contributed by atoms with van der Waals surface area (Å²) in [6.45, 7) is 5.92. The average Bonchev–Trinajstić information content (AvgIpc) is 3.24. The summed E-state index contributed by atoms with van der Waals surface area (Å²) in [5, 5.41) is 4.94. The monoisotopic (exact) mass is 421 g/mol. The van der Waals surface area contributed by atoms with Crippen LogP contribution >= 0.6 is 12.2 Å². The summed E-state index contributed by atoms with van der Waals surface area (Å²) in [6.07, 6.45) is 2.20. The van der Waals surface area contributed by atoms with E-state index in [1.807, 2.05) is 60.4 Å². The first-order valence-electron chi connectivity index (χ1n) is 10.4. The Bertz CT molecular complexity index is 1100. The molecular weight excluding hydrogens is 394 g/mol. The maximum atomic E-state index is 12.8. The molecule has 156 valence electrons. The minimum absolute atomic E-state index is 0.0766. The summed E-state index contributed by atoms with van der Waals surface area (Å²) in [6, 6.07) is 16.1. The first-order chi connectivity index (χ1) is 14.5. The van der Waals surface area contributed by atoms with Crippen molar-refractivity contribution in [2.24, 2.45) is 0 Å². The standard InChI is InChI=1S/C24H27N3O2S/c1-16-8-10-20(11-9-16)25-24(30)27(15-21-7-4-12-29-21)14-19-13-18-6-3-5-17(2)22(18)26-23(19)28/h3,5-6,8-11,13,21H,4,7,12,14-15H2,1-2H3,(H,25,30)(H,26,28). The molecule has 6 heteroatoms. The molecule has 0 aliphatic carbocycles. The third-order valence-electron chi connectivity index (χ3n) is 5.56. The van der Waals surface area contributed by atoms with Gasteiger partial charge >= 0.3 is 0 Å². The lowest BCUT2D eigenvalue weighted by Crippen LogP contribution is -2.40. The fraction of sp³-hybridized carbons (Fsp3) is 0.333. The maximum absolute atomic E-state index is 12.8. The Kier molecular flexibility index (Phi) is 6.16. The van der Waals surface area contributed by atoms with Crippen LogP contribution < -0.4 is 10.9 Å². The number of nitrogens with one attached hydrogen (secondary N) is 2. The molecule has 2 aromatic carbocycles. The van der Waals surface area contributed by atoms with Crippen molar-refractivity contribution in [3.05, 3.63) is 75.6 Å². The highest BCUT2D eigenvalue weighted by Crippen LogP contribution is 2.19. The van der Waals surface area contributed by atoms with Crippen LogP contribution in [0.25, 0.3) is 10.9 Å². The zero-order valence-corrected chi connectivity index (χ0v) is 18.2. The molecule has 1 atom stereocenters. The van der Waals surface area contributed by atoms with Crippen LogP contribution in [0.4, 0.5) is 5.69 Å². The third-order valence-corrected chi connectivity index (χ3v) is 5.92. The van der Waals surface area contributed by atoms with Crippen LogP contribution in [0.2, 0.25) is 0 Å². The maximum Gasteiger partial charge on any atom is 0.253 e. The van der Waals surface area contributed by atoms with Gasteiger partial charge in [0.1, 0.15) is 0 Å². The molecule has 3 aromatic rings. The van der Waals surface area contributed by atoms with Gasteiger partial charge < -0.3 is 19.9 Å². The highest BCUT2D eigenvalue weighted by Gasteiger charge is 2.22. The number of nitrogens with zero attached hydrogens (tertiary/aromatic N) is 1. The number of anilines is 1. The minimum Gasteiger partial charge on any atom is -0.376 e. The SMILES string of the molecule is Cc1ccc(NC(=S)N(Cc2cc3cccc(C)c3[nH]c2=O)CC2CCCO2)cc1. The quantitative estimate of drug-likeness (QED) is 0.593. The van der Waals surface area contributed by atoms with Crippen molar-refractivity contribution < 1.29 is 4.74 Å². The topological polar surface area (TPSA) is 57.4 Å². The average molecular weight is 422 g/mol. The van der Waals surface area contributed by atoms with Gasteiger partial charge in [-0.3, -0.25) is 4.79 Å². The van der Waals surface area contributed by atoms with Crippen molar-refractivity contribution >= 4 is 33.9 Å². The normalized spacial score (nSPS) is 16.0. The molecule has 1 aliphatic heterocycles. The lowest BCUT2D eigenvalue weighted by molar-refractivity contribution is 0.0904. The zero-order valence-electron chi connectivity index (χ0n) is 17.4. The molecular formula is C24H27N3O2S. The van der Waals surface area contributed by atoms with E-state index in [9.17, 15) is 4.79 Å². The fourth-order valence-corrected chi connectivity index (χ4v) is 4.10. The number of para-hydroxylation sites is 1. The van der Waals surface area contributed by atoms with Crippen LogP contribution in [0.5, 0.6) is 0 Å². The van der Waals surface area contributed by atoms with Crippen LogP contribution in [-0.2, 0) is 11.3 Å². The van der Waals surface area contributed by atoms with Crippen LogP contribution in [0, 0.1) is 13.8 Å². The summed E-state index contributed by atoms with van der Waals surface area (Å²) >= 11 is 5.73. The first kappa shape index (κ1) is 20.6. The lowest BCUT2D eigenvalue weighted by atomic mass is 10.1. The highest BCUT2D eigenvalue weighted by molar-refractivity contribution is 7.80. The highest BCUT2D eigenvalue weighted by atomic mass is 32.1. The number of aromatic nitrogens is 1. The summed E-state index contributed by atoms with van der Waals surface area (Å²) in [7, 11) is 0. The Hall–Kier alpha value is -2.70. The van der Waals surface area contributed by atoms with Crippen molar-refractivity contribution in [3.8, 4) is 0 Å².